The van der Waals surface area contributed by atoms with Crippen molar-refractivity contribution in [3.63, 3.8) is 0 Å². The summed E-state index contributed by atoms with van der Waals surface area (Å²) in [6.07, 6.45) is 0. The van der Waals surface area contributed by atoms with E-state index in [1.807, 2.05) is 18.2 Å². The SMILES string of the molecule is OP(O)C(F)(F)c1ccc2sc3ccc(Br)cc3c2c1. The molecule has 2 aromatic carbocycles. The van der Waals surface area contributed by atoms with Crippen molar-refractivity contribution in [2.24, 2.45) is 0 Å². The maximum absolute atomic E-state index is 13.7. The van der Waals surface area contributed by atoms with Crippen molar-refractivity contribution in [3.8, 4) is 0 Å². The Balaban J connectivity index is 2.29. The fourth-order valence-electron chi connectivity index (χ4n) is 2.05. The van der Waals surface area contributed by atoms with E-state index in [4.69, 9.17) is 9.79 Å². The summed E-state index contributed by atoms with van der Waals surface area (Å²) < 4.78 is 30.2. The molecule has 3 aromatic rings. The molecular formula is C13H8BrF2O2PS. The maximum Gasteiger partial charge on any atom is 0.339 e. The fourth-order valence-corrected chi connectivity index (χ4v) is 3.85. The van der Waals surface area contributed by atoms with Crippen molar-refractivity contribution in [3.05, 3.63) is 46.4 Å². The molecule has 0 saturated heterocycles. The van der Waals surface area contributed by atoms with Crippen LogP contribution in [-0.2, 0) is 5.66 Å². The standard InChI is InChI=1S/C13H8BrF2O2PS/c14-8-2-4-12-10(6-8)9-5-7(1-3-11(9)20-12)13(15,16)19(17)18/h1-6,17-18H. The van der Waals surface area contributed by atoms with Crippen LogP contribution in [0.25, 0.3) is 20.2 Å². The number of fused-ring (bicyclic) bond motifs is 3. The smallest absolute Gasteiger partial charge is 0.339 e. The van der Waals surface area contributed by atoms with Crippen molar-refractivity contribution < 1.29 is 18.6 Å². The van der Waals surface area contributed by atoms with Gasteiger partial charge in [-0.2, -0.15) is 8.78 Å². The van der Waals surface area contributed by atoms with E-state index in [-0.39, 0.29) is 5.56 Å². The molecule has 104 valence electrons. The highest BCUT2D eigenvalue weighted by Crippen LogP contribution is 2.53. The van der Waals surface area contributed by atoms with Crippen LogP contribution in [0.1, 0.15) is 5.56 Å². The number of halogens is 3. The first-order chi connectivity index (χ1) is 9.39. The minimum absolute atomic E-state index is 0.374. The second kappa shape index (κ2) is 4.97. The highest BCUT2D eigenvalue weighted by atomic mass is 79.9. The Labute approximate surface area is 126 Å². The van der Waals surface area contributed by atoms with Gasteiger partial charge in [0.15, 0.2) is 0 Å². The summed E-state index contributed by atoms with van der Waals surface area (Å²) in [5.74, 6) is 0. The van der Waals surface area contributed by atoms with Crippen molar-refractivity contribution >= 4 is 55.8 Å². The summed E-state index contributed by atoms with van der Waals surface area (Å²) in [4.78, 5) is 17.8. The zero-order valence-electron chi connectivity index (χ0n) is 9.85. The largest absolute Gasteiger partial charge is 0.346 e. The first kappa shape index (κ1) is 14.3. The first-order valence-electron chi connectivity index (χ1n) is 5.57. The van der Waals surface area contributed by atoms with Crippen LogP contribution in [0.3, 0.4) is 0 Å². The normalized spacial score (nSPS) is 12.7. The van der Waals surface area contributed by atoms with Gasteiger partial charge in [-0.25, -0.2) is 0 Å². The number of hydrogen-bond donors (Lipinski definition) is 2. The van der Waals surface area contributed by atoms with Crippen LogP contribution >= 0.6 is 35.6 Å². The molecule has 0 amide bonds. The number of hydrogen-bond acceptors (Lipinski definition) is 3. The second-order valence-corrected chi connectivity index (χ2v) is 7.42. The average Bonchev–Trinajstić information content (AvgIpc) is 2.75. The third-order valence-electron chi connectivity index (χ3n) is 3.03. The third kappa shape index (κ3) is 2.26. The summed E-state index contributed by atoms with van der Waals surface area (Å²) in [6.45, 7) is 0. The molecule has 0 radical (unpaired) electrons. The van der Waals surface area contributed by atoms with Crippen LogP contribution in [0.2, 0.25) is 0 Å². The Morgan fingerprint density at radius 1 is 1.00 bits per heavy atom. The van der Waals surface area contributed by atoms with Crippen LogP contribution in [0, 0.1) is 0 Å². The number of thiophene rings is 1. The predicted octanol–water partition coefficient (Wildman–Crippen LogP) is 5.16. The molecule has 0 spiro atoms. The molecular weight excluding hydrogens is 369 g/mol. The van der Waals surface area contributed by atoms with Gasteiger partial charge in [-0.1, -0.05) is 22.0 Å². The number of benzene rings is 2. The van der Waals surface area contributed by atoms with Gasteiger partial charge in [-0.15, -0.1) is 11.3 Å². The Morgan fingerprint density at radius 3 is 2.25 bits per heavy atom. The van der Waals surface area contributed by atoms with Gasteiger partial charge < -0.3 is 9.79 Å². The van der Waals surface area contributed by atoms with Crippen LogP contribution in [0.4, 0.5) is 8.78 Å². The summed E-state index contributed by atoms with van der Waals surface area (Å²) in [5.41, 5.74) is -4.00. The summed E-state index contributed by atoms with van der Waals surface area (Å²) >= 11 is 4.88. The topological polar surface area (TPSA) is 40.5 Å². The summed E-state index contributed by atoms with van der Waals surface area (Å²) in [7, 11) is -3.35. The summed E-state index contributed by atoms with van der Waals surface area (Å²) in [6, 6.07) is 9.87. The summed E-state index contributed by atoms with van der Waals surface area (Å²) in [5, 5.41) is 1.57. The third-order valence-corrected chi connectivity index (χ3v) is 5.44. The Morgan fingerprint density at radius 2 is 1.60 bits per heavy atom. The first-order valence-corrected chi connectivity index (χ1v) is 8.43. The Bertz CT molecular complexity index is 804. The molecule has 0 atom stereocenters. The van der Waals surface area contributed by atoms with Crippen molar-refractivity contribution in [1.29, 1.82) is 0 Å². The zero-order chi connectivity index (χ0) is 14.5. The monoisotopic (exact) mass is 376 g/mol. The van der Waals surface area contributed by atoms with E-state index < -0.39 is 14.0 Å². The molecule has 1 heterocycles. The fraction of sp³-hybridized carbons (Fsp3) is 0.0769. The quantitative estimate of drug-likeness (QED) is 0.606. The number of alkyl halides is 2. The van der Waals surface area contributed by atoms with E-state index in [9.17, 15) is 8.78 Å². The molecule has 0 aliphatic carbocycles. The maximum atomic E-state index is 13.7. The van der Waals surface area contributed by atoms with Gasteiger partial charge in [0.2, 0.25) is 8.38 Å². The van der Waals surface area contributed by atoms with E-state index in [0.29, 0.717) is 5.39 Å². The van der Waals surface area contributed by atoms with E-state index >= 15 is 0 Å². The minimum atomic E-state index is -3.62. The lowest BCUT2D eigenvalue weighted by molar-refractivity contribution is 0.0734. The molecule has 2 N–H and O–H groups in total. The van der Waals surface area contributed by atoms with E-state index in [1.54, 1.807) is 6.07 Å². The average molecular weight is 377 g/mol. The predicted molar refractivity (Wildman–Crippen MR) is 82.3 cm³/mol. The molecule has 0 saturated carbocycles. The van der Waals surface area contributed by atoms with E-state index in [1.165, 1.54) is 23.5 Å². The molecule has 0 fully saturated rings. The van der Waals surface area contributed by atoms with Crippen LogP contribution in [0.15, 0.2) is 40.9 Å². The minimum Gasteiger partial charge on any atom is -0.346 e. The Kier molecular flexibility index (Phi) is 3.55. The van der Waals surface area contributed by atoms with Gasteiger partial charge >= 0.3 is 5.66 Å². The van der Waals surface area contributed by atoms with Gasteiger partial charge in [-0.05, 0) is 30.3 Å². The molecule has 3 rings (SSSR count). The lowest BCUT2D eigenvalue weighted by atomic mass is 10.1. The van der Waals surface area contributed by atoms with E-state index in [0.717, 1.165) is 19.3 Å². The van der Waals surface area contributed by atoms with Crippen molar-refractivity contribution in [2.45, 2.75) is 5.66 Å². The Hall–Kier alpha value is -0.650. The molecule has 0 aliphatic heterocycles. The van der Waals surface area contributed by atoms with Crippen LogP contribution < -0.4 is 0 Å². The molecule has 7 heteroatoms. The lowest BCUT2D eigenvalue weighted by Gasteiger charge is -2.17. The molecule has 0 unspecified atom stereocenters. The van der Waals surface area contributed by atoms with Gasteiger partial charge in [0.25, 0.3) is 0 Å². The van der Waals surface area contributed by atoms with Gasteiger partial charge in [0, 0.05) is 30.2 Å². The van der Waals surface area contributed by atoms with Crippen molar-refractivity contribution in [1.82, 2.24) is 0 Å². The zero-order valence-corrected chi connectivity index (χ0v) is 13.1. The number of rotatable bonds is 2. The van der Waals surface area contributed by atoms with Gasteiger partial charge in [0.05, 0.1) is 0 Å². The molecule has 2 nitrogen and oxygen atoms in total. The molecule has 1 aromatic heterocycles. The molecule has 0 aliphatic rings. The van der Waals surface area contributed by atoms with E-state index in [2.05, 4.69) is 15.9 Å². The van der Waals surface area contributed by atoms with Crippen LogP contribution in [0.5, 0.6) is 0 Å². The highest BCUT2D eigenvalue weighted by Gasteiger charge is 2.41. The highest BCUT2D eigenvalue weighted by molar-refractivity contribution is 9.10. The second-order valence-electron chi connectivity index (χ2n) is 4.28. The van der Waals surface area contributed by atoms with Gasteiger partial charge in [0.1, 0.15) is 0 Å². The molecule has 0 bridgehead atoms. The van der Waals surface area contributed by atoms with Crippen molar-refractivity contribution in [2.75, 3.05) is 0 Å². The molecule has 20 heavy (non-hydrogen) atoms. The lowest BCUT2D eigenvalue weighted by Crippen LogP contribution is -2.10. The van der Waals surface area contributed by atoms with Gasteiger partial charge in [-0.3, -0.25) is 0 Å². The van der Waals surface area contributed by atoms with Crippen LogP contribution in [-0.4, -0.2) is 9.79 Å².